The lowest BCUT2D eigenvalue weighted by Gasteiger charge is -2.35. The molecule has 0 bridgehead atoms. The monoisotopic (exact) mass is 261 g/mol. The van der Waals surface area contributed by atoms with E-state index in [1.165, 1.54) is 6.42 Å². The highest BCUT2D eigenvalue weighted by atomic mass is 16.5. The molecular formula is C16H23NO2. The fourth-order valence-electron chi connectivity index (χ4n) is 2.87. The second kappa shape index (κ2) is 6.09. The molecule has 1 aliphatic heterocycles. The Labute approximate surface area is 115 Å². The van der Waals surface area contributed by atoms with Crippen LogP contribution in [0.15, 0.2) is 24.3 Å². The maximum absolute atomic E-state index is 12.4. The highest BCUT2D eigenvalue weighted by Crippen LogP contribution is 2.23. The van der Waals surface area contributed by atoms with Gasteiger partial charge in [-0.1, -0.05) is 13.8 Å². The molecule has 1 aliphatic rings. The molecule has 0 radical (unpaired) electrons. The van der Waals surface area contributed by atoms with Crippen molar-refractivity contribution >= 4 is 5.91 Å². The van der Waals surface area contributed by atoms with E-state index in [2.05, 4.69) is 13.8 Å². The Morgan fingerprint density at radius 1 is 1.21 bits per heavy atom. The summed E-state index contributed by atoms with van der Waals surface area (Å²) in [6.07, 6.45) is 1.22. The average Bonchev–Trinajstić information content (AvgIpc) is 2.38. The number of hydrogen-bond donors (Lipinski definition) is 0. The Morgan fingerprint density at radius 3 is 2.32 bits per heavy atom. The minimum absolute atomic E-state index is 0.140. The van der Waals surface area contributed by atoms with Crippen LogP contribution in [0, 0.1) is 11.8 Å². The molecule has 104 valence electrons. The van der Waals surface area contributed by atoms with E-state index in [9.17, 15) is 4.79 Å². The number of carbonyl (C=O) groups is 1. The van der Waals surface area contributed by atoms with E-state index in [4.69, 9.17) is 4.74 Å². The number of piperidine rings is 1. The Kier molecular flexibility index (Phi) is 4.46. The first-order valence-corrected chi connectivity index (χ1v) is 7.12. The van der Waals surface area contributed by atoms with Crippen molar-refractivity contribution in [1.29, 1.82) is 0 Å². The van der Waals surface area contributed by atoms with Crippen molar-refractivity contribution in [2.24, 2.45) is 11.8 Å². The second-order valence-corrected chi connectivity index (χ2v) is 5.61. The summed E-state index contributed by atoms with van der Waals surface area (Å²) in [6.45, 7) is 8.78. The van der Waals surface area contributed by atoms with E-state index in [1.807, 2.05) is 36.1 Å². The molecule has 19 heavy (non-hydrogen) atoms. The van der Waals surface area contributed by atoms with Gasteiger partial charge in [0.2, 0.25) is 0 Å². The third-order valence-electron chi connectivity index (χ3n) is 3.57. The number of benzene rings is 1. The third kappa shape index (κ3) is 3.49. The number of likely N-dealkylation sites (tertiary alicyclic amines) is 1. The van der Waals surface area contributed by atoms with Gasteiger partial charge in [0.15, 0.2) is 0 Å². The summed E-state index contributed by atoms with van der Waals surface area (Å²) in [5, 5.41) is 0. The molecule has 1 aromatic rings. The number of amides is 1. The third-order valence-corrected chi connectivity index (χ3v) is 3.57. The van der Waals surface area contributed by atoms with Crippen molar-refractivity contribution < 1.29 is 9.53 Å². The molecule has 0 N–H and O–H groups in total. The second-order valence-electron chi connectivity index (χ2n) is 5.61. The number of hydrogen-bond acceptors (Lipinski definition) is 2. The zero-order valence-corrected chi connectivity index (χ0v) is 12.1. The molecule has 0 aliphatic carbocycles. The molecule has 3 nitrogen and oxygen atoms in total. The Bertz CT molecular complexity index is 417. The number of nitrogens with zero attached hydrogens (tertiary/aromatic N) is 1. The van der Waals surface area contributed by atoms with Crippen molar-refractivity contribution in [3.8, 4) is 5.75 Å². The summed E-state index contributed by atoms with van der Waals surface area (Å²) >= 11 is 0. The fourth-order valence-corrected chi connectivity index (χ4v) is 2.87. The maximum atomic E-state index is 12.4. The molecule has 0 aromatic heterocycles. The summed E-state index contributed by atoms with van der Waals surface area (Å²) in [7, 11) is 0. The first-order valence-electron chi connectivity index (χ1n) is 7.12. The molecule has 0 saturated carbocycles. The summed E-state index contributed by atoms with van der Waals surface area (Å²) in [5.74, 6) is 2.15. The van der Waals surface area contributed by atoms with Gasteiger partial charge < -0.3 is 9.64 Å². The first-order chi connectivity index (χ1) is 9.10. The quantitative estimate of drug-likeness (QED) is 0.836. The SMILES string of the molecule is CCOc1ccc(C(=O)N2C[C@H](C)C[C@@H](C)C2)cc1. The van der Waals surface area contributed by atoms with Gasteiger partial charge in [-0.15, -0.1) is 0 Å². The smallest absolute Gasteiger partial charge is 0.253 e. The zero-order chi connectivity index (χ0) is 13.8. The highest BCUT2D eigenvalue weighted by molar-refractivity contribution is 5.94. The summed E-state index contributed by atoms with van der Waals surface area (Å²) in [6, 6.07) is 7.45. The van der Waals surface area contributed by atoms with Gasteiger partial charge in [-0.2, -0.15) is 0 Å². The van der Waals surface area contributed by atoms with Crippen LogP contribution in [0.1, 0.15) is 37.6 Å². The standard InChI is InChI=1S/C16H23NO2/c1-4-19-15-7-5-14(6-8-15)16(18)17-10-12(2)9-13(3)11-17/h5-8,12-13H,4,9-11H2,1-3H3/t12-,13-/m1/s1. The van der Waals surface area contributed by atoms with Crippen LogP contribution in [-0.2, 0) is 0 Å². The van der Waals surface area contributed by atoms with Crippen molar-refractivity contribution in [2.45, 2.75) is 27.2 Å². The number of ether oxygens (including phenoxy) is 1. The van der Waals surface area contributed by atoms with Crippen LogP contribution in [0.5, 0.6) is 5.75 Å². The zero-order valence-electron chi connectivity index (χ0n) is 12.1. The molecule has 1 saturated heterocycles. The normalized spacial score (nSPS) is 23.2. The van der Waals surface area contributed by atoms with Gasteiger partial charge in [0.1, 0.15) is 5.75 Å². The van der Waals surface area contributed by atoms with Gasteiger partial charge in [0.25, 0.3) is 5.91 Å². The summed E-state index contributed by atoms with van der Waals surface area (Å²) in [4.78, 5) is 14.4. The Balaban J connectivity index is 2.06. The summed E-state index contributed by atoms with van der Waals surface area (Å²) < 4.78 is 5.40. The van der Waals surface area contributed by atoms with Gasteiger partial charge in [0.05, 0.1) is 6.61 Å². The predicted octanol–water partition coefficient (Wildman–Crippen LogP) is 3.20. The van der Waals surface area contributed by atoms with Crippen LogP contribution in [0.4, 0.5) is 0 Å². The van der Waals surface area contributed by atoms with Crippen molar-refractivity contribution in [2.75, 3.05) is 19.7 Å². The van der Waals surface area contributed by atoms with Crippen LogP contribution in [-0.4, -0.2) is 30.5 Å². The van der Waals surface area contributed by atoms with Crippen LogP contribution in [0.2, 0.25) is 0 Å². The largest absolute Gasteiger partial charge is 0.494 e. The van der Waals surface area contributed by atoms with Gasteiger partial charge in [0, 0.05) is 18.7 Å². The molecule has 2 atom stereocenters. The lowest BCUT2D eigenvalue weighted by atomic mass is 9.91. The van der Waals surface area contributed by atoms with Crippen molar-refractivity contribution in [3.63, 3.8) is 0 Å². The molecular weight excluding hydrogens is 238 g/mol. The van der Waals surface area contributed by atoms with E-state index in [0.29, 0.717) is 18.4 Å². The molecule has 1 heterocycles. The summed E-state index contributed by atoms with van der Waals surface area (Å²) in [5.41, 5.74) is 0.754. The highest BCUT2D eigenvalue weighted by Gasteiger charge is 2.25. The average molecular weight is 261 g/mol. The molecule has 1 amide bonds. The fraction of sp³-hybridized carbons (Fsp3) is 0.562. The van der Waals surface area contributed by atoms with Crippen LogP contribution in [0.3, 0.4) is 0 Å². The van der Waals surface area contributed by atoms with Crippen molar-refractivity contribution in [1.82, 2.24) is 4.90 Å². The van der Waals surface area contributed by atoms with Crippen LogP contribution in [0.25, 0.3) is 0 Å². The topological polar surface area (TPSA) is 29.5 Å². The van der Waals surface area contributed by atoms with Gasteiger partial charge >= 0.3 is 0 Å². The molecule has 1 aromatic carbocycles. The van der Waals surface area contributed by atoms with E-state index in [1.54, 1.807) is 0 Å². The molecule has 0 spiro atoms. The molecule has 1 fully saturated rings. The molecule has 2 rings (SSSR count). The van der Waals surface area contributed by atoms with E-state index in [0.717, 1.165) is 24.4 Å². The Hall–Kier alpha value is -1.51. The number of rotatable bonds is 3. The predicted molar refractivity (Wildman–Crippen MR) is 76.5 cm³/mol. The first kappa shape index (κ1) is 13.9. The van der Waals surface area contributed by atoms with Gasteiger partial charge in [-0.05, 0) is 49.4 Å². The van der Waals surface area contributed by atoms with E-state index in [-0.39, 0.29) is 5.91 Å². The lowest BCUT2D eigenvalue weighted by Crippen LogP contribution is -2.42. The van der Waals surface area contributed by atoms with E-state index < -0.39 is 0 Å². The van der Waals surface area contributed by atoms with Crippen molar-refractivity contribution in [3.05, 3.63) is 29.8 Å². The molecule has 3 heteroatoms. The van der Waals surface area contributed by atoms with Gasteiger partial charge in [-0.25, -0.2) is 0 Å². The van der Waals surface area contributed by atoms with Crippen LogP contribution >= 0.6 is 0 Å². The minimum Gasteiger partial charge on any atom is -0.494 e. The van der Waals surface area contributed by atoms with Gasteiger partial charge in [-0.3, -0.25) is 4.79 Å². The maximum Gasteiger partial charge on any atom is 0.253 e. The Morgan fingerprint density at radius 2 is 1.79 bits per heavy atom. The van der Waals surface area contributed by atoms with Crippen LogP contribution < -0.4 is 4.74 Å². The van der Waals surface area contributed by atoms with E-state index >= 15 is 0 Å². The molecule has 0 unspecified atom stereocenters. The lowest BCUT2D eigenvalue weighted by molar-refractivity contribution is 0.0623. The number of carbonyl (C=O) groups excluding carboxylic acids is 1. The minimum atomic E-state index is 0.140.